The molecule has 0 bridgehead atoms. The maximum Gasteiger partial charge on any atom is 0.315 e. The quantitative estimate of drug-likeness (QED) is 0.829. The number of carbonyl (C=O) groups excluding carboxylic acids is 2. The van der Waals surface area contributed by atoms with E-state index in [0.29, 0.717) is 18.9 Å². The molecule has 1 aliphatic heterocycles. The van der Waals surface area contributed by atoms with E-state index in [4.69, 9.17) is 0 Å². The van der Waals surface area contributed by atoms with Crippen LogP contribution < -0.4 is 10.6 Å². The van der Waals surface area contributed by atoms with Crippen LogP contribution in [0.2, 0.25) is 0 Å². The van der Waals surface area contributed by atoms with Crippen molar-refractivity contribution in [3.63, 3.8) is 0 Å². The number of rotatable bonds is 6. The van der Waals surface area contributed by atoms with Crippen LogP contribution in [0.4, 0.5) is 9.18 Å². The number of nitrogens with one attached hydrogen (secondary N) is 2. The lowest BCUT2D eigenvalue weighted by atomic mass is 9.98. The Hall–Kier alpha value is -2.11. The molecule has 2 N–H and O–H groups in total. The van der Waals surface area contributed by atoms with Gasteiger partial charge in [-0.2, -0.15) is 0 Å². The van der Waals surface area contributed by atoms with Crippen molar-refractivity contribution in [2.24, 2.45) is 5.92 Å². The van der Waals surface area contributed by atoms with Crippen LogP contribution >= 0.6 is 0 Å². The van der Waals surface area contributed by atoms with Crippen molar-refractivity contribution in [2.45, 2.75) is 52.1 Å². The fourth-order valence-electron chi connectivity index (χ4n) is 2.99. The van der Waals surface area contributed by atoms with E-state index in [-0.39, 0.29) is 17.8 Å². The summed E-state index contributed by atoms with van der Waals surface area (Å²) in [5, 5.41) is 5.52. The molecule has 25 heavy (non-hydrogen) atoms. The third kappa shape index (κ3) is 6.03. The molecule has 1 fully saturated rings. The SMILES string of the molecule is CCC[C@@H](NC(=O)NCc1ccc(F)cc1)C(=O)N1CCC(C)CC1. The number of benzene rings is 1. The van der Waals surface area contributed by atoms with Gasteiger partial charge in [0.05, 0.1) is 0 Å². The van der Waals surface area contributed by atoms with Gasteiger partial charge in [0.2, 0.25) is 5.91 Å². The van der Waals surface area contributed by atoms with Crippen molar-refractivity contribution < 1.29 is 14.0 Å². The lowest BCUT2D eigenvalue weighted by molar-refractivity contribution is -0.134. The van der Waals surface area contributed by atoms with E-state index in [9.17, 15) is 14.0 Å². The first-order valence-electron chi connectivity index (χ1n) is 9.07. The molecular weight excluding hydrogens is 321 g/mol. The highest BCUT2D eigenvalue weighted by atomic mass is 19.1. The van der Waals surface area contributed by atoms with Crippen molar-refractivity contribution >= 4 is 11.9 Å². The minimum atomic E-state index is -0.494. The van der Waals surface area contributed by atoms with E-state index in [0.717, 1.165) is 37.9 Å². The normalized spacial score (nSPS) is 16.4. The molecule has 5 nitrogen and oxygen atoms in total. The summed E-state index contributed by atoms with van der Waals surface area (Å²) in [6.07, 6.45) is 3.47. The Morgan fingerprint density at radius 2 is 1.88 bits per heavy atom. The third-order valence-corrected chi connectivity index (χ3v) is 4.64. The minimum Gasteiger partial charge on any atom is -0.341 e. The summed E-state index contributed by atoms with van der Waals surface area (Å²) in [4.78, 5) is 26.7. The summed E-state index contributed by atoms with van der Waals surface area (Å²) >= 11 is 0. The number of amides is 3. The average Bonchev–Trinajstić information content (AvgIpc) is 2.61. The van der Waals surface area contributed by atoms with Crippen LogP contribution in [0.3, 0.4) is 0 Å². The molecule has 2 rings (SSSR count). The number of likely N-dealkylation sites (tertiary alicyclic amines) is 1. The first-order valence-corrected chi connectivity index (χ1v) is 9.07. The molecule has 6 heteroatoms. The van der Waals surface area contributed by atoms with E-state index >= 15 is 0 Å². The number of halogens is 1. The lowest BCUT2D eigenvalue weighted by Crippen LogP contribution is -2.52. The Balaban J connectivity index is 1.85. The smallest absolute Gasteiger partial charge is 0.315 e. The van der Waals surface area contributed by atoms with Gasteiger partial charge in [-0.1, -0.05) is 32.4 Å². The number of hydrogen-bond donors (Lipinski definition) is 2. The first-order chi connectivity index (χ1) is 12.0. The van der Waals surface area contributed by atoms with E-state index in [1.54, 1.807) is 12.1 Å². The summed E-state index contributed by atoms with van der Waals surface area (Å²) in [5.74, 6) is 0.351. The second-order valence-electron chi connectivity index (χ2n) is 6.80. The maximum atomic E-state index is 12.9. The van der Waals surface area contributed by atoms with Crippen molar-refractivity contribution in [3.05, 3.63) is 35.6 Å². The molecule has 0 aliphatic carbocycles. The molecule has 0 spiro atoms. The van der Waals surface area contributed by atoms with Crippen LogP contribution in [-0.2, 0) is 11.3 Å². The molecule has 1 aromatic carbocycles. The van der Waals surface area contributed by atoms with Crippen LogP contribution in [0.1, 0.15) is 45.1 Å². The Kier molecular flexibility index (Phi) is 7.22. The largest absolute Gasteiger partial charge is 0.341 e. The molecule has 1 aromatic rings. The molecule has 138 valence electrons. The molecular formula is C19H28FN3O2. The van der Waals surface area contributed by atoms with Crippen molar-refractivity contribution in [2.75, 3.05) is 13.1 Å². The highest BCUT2D eigenvalue weighted by Gasteiger charge is 2.27. The number of hydrogen-bond acceptors (Lipinski definition) is 2. The molecule has 0 saturated carbocycles. The Labute approximate surface area is 149 Å². The van der Waals surface area contributed by atoms with Gasteiger partial charge in [0.1, 0.15) is 11.9 Å². The Morgan fingerprint density at radius 1 is 1.24 bits per heavy atom. The van der Waals surface area contributed by atoms with Crippen molar-refractivity contribution in [1.82, 2.24) is 15.5 Å². The number of carbonyl (C=O) groups is 2. The van der Waals surface area contributed by atoms with Gasteiger partial charge in [0, 0.05) is 19.6 Å². The van der Waals surface area contributed by atoms with Gasteiger partial charge < -0.3 is 15.5 Å². The summed E-state index contributed by atoms with van der Waals surface area (Å²) in [5.41, 5.74) is 0.805. The number of nitrogens with zero attached hydrogens (tertiary/aromatic N) is 1. The molecule has 0 unspecified atom stereocenters. The molecule has 0 radical (unpaired) electrons. The van der Waals surface area contributed by atoms with Crippen LogP contribution in [0, 0.1) is 11.7 Å². The van der Waals surface area contributed by atoms with E-state index < -0.39 is 6.04 Å². The highest BCUT2D eigenvalue weighted by Crippen LogP contribution is 2.17. The summed E-state index contributed by atoms with van der Waals surface area (Å²) in [7, 11) is 0. The molecule has 1 heterocycles. The average molecular weight is 349 g/mol. The maximum absolute atomic E-state index is 12.9. The second kappa shape index (κ2) is 9.39. The molecule has 1 aliphatic rings. The van der Waals surface area contributed by atoms with Gasteiger partial charge in [-0.25, -0.2) is 9.18 Å². The first kappa shape index (κ1) is 19.2. The molecule has 3 amide bonds. The fraction of sp³-hybridized carbons (Fsp3) is 0.579. The highest BCUT2D eigenvalue weighted by molar-refractivity contribution is 5.87. The Morgan fingerprint density at radius 3 is 2.48 bits per heavy atom. The molecule has 1 atom stereocenters. The zero-order valence-corrected chi connectivity index (χ0v) is 15.1. The van der Waals surface area contributed by atoms with Crippen LogP contribution in [0.15, 0.2) is 24.3 Å². The van der Waals surface area contributed by atoms with E-state index in [1.807, 2.05) is 11.8 Å². The van der Waals surface area contributed by atoms with E-state index in [2.05, 4.69) is 17.6 Å². The predicted octanol–water partition coefficient (Wildman–Crippen LogP) is 3.05. The number of urea groups is 1. The zero-order valence-electron chi connectivity index (χ0n) is 15.1. The second-order valence-corrected chi connectivity index (χ2v) is 6.80. The van der Waals surface area contributed by atoms with Crippen LogP contribution in [0.25, 0.3) is 0 Å². The van der Waals surface area contributed by atoms with Gasteiger partial charge in [0.15, 0.2) is 0 Å². The summed E-state index contributed by atoms with van der Waals surface area (Å²) < 4.78 is 12.9. The lowest BCUT2D eigenvalue weighted by Gasteiger charge is -2.33. The molecule has 1 saturated heterocycles. The standard InChI is InChI=1S/C19H28FN3O2/c1-3-4-17(18(24)23-11-9-14(2)10-12-23)22-19(25)21-13-15-5-7-16(20)8-6-15/h5-8,14,17H,3-4,9-13H2,1-2H3,(H2,21,22,25)/t17-/m1/s1. The van der Waals surface area contributed by atoms with Crippen molar-refractivity contribution in [1.29, 1.82) is 0 Å². The van der Waals surface area contributed by atoms with Gasteiger partial charge in [-0.15, -0.1) is 0 Å². The van der Waals surface area contributed by atoms with E-state index in [1.165, 1.54) is 12.1 Å². The summed E-state index contributed by atoms with van der Waals surface area (Å²) in [6, 6.07) is 5.09. The zero-order chi connectivity index (χ0) is 18.2. The monoisotopic (exact) mass is 349 g/mol. The van der Waals surface area contributed by atoms with Gasteiger partial charge in [-0.3, -0.25) is 4.79 Å². The topological polar surface area (TPSA) is 61.4 Å². The number of piperidine rings is 1. The predicted molar refractivity (Wildman–Crippen MR) is 95.4 cm³/mol. The fourth-order valence-corrected chi connectivity index (χ4v) is 2.99. The van der Waals surface area contributed by atoms with Crippen LogP contribution in [-0.4, -0.2) is 36.0 Å². The van der Waals surface area contributed by atoms with Crippen LogP contribution in [0.5, 0.6) is 0 Å². The van der Waals surface area contributed by atoms with Gasteiger partial charge >= 0.3 is 6.03 Å². The summed E-state index contributed by atoms with van der Waals surface area (Å²) in [6.45, 7) is 6.02. The van der Waals surface area contributed by atoms with Crippen molar-refractivity contribution in [3.8, 4) is 0 Å². The minimum absolute atomic E-state index is 0.00526. The van der Waals surface area contributed by atoms with Gasteiger partial charge in [-0.05, 0) is 42.9 Å². The Bertz CT molecular complexity index is 569. The third-order valence-electron chi connectivity index (χ3n) is 4.64. The molecule has 0 aromatic heterocycles. The van der Waals surface area contributed by atoms with Gasteiger partial charge in [0.25, 0.3) is 0 Å².